The average Bonchev–Trinajstić information content (AvgIpc) is 3.31. The molecule has 4 amide bonds. The van der Waals surface area contributed by atoms with Gasteiger partial charge in [-0.05, 0) is 58.1 Å². The third-order valence-electron chi connectivity index (χ3n) is 5.82. The number of amides is 4. The van der Waals surface area contributed by atoms with E-state index in [-0.39, 0.29) is 36.8 Å². The zero-order valence-corrected chi connectivity index (χ0v) is 22.7. The molecule has 1 heterocycles. The van der Waals surface area contributed by atoms with Crippen molar-refractivity contribution in [1.29, 1.82) is 0 Å². The van der Waals surface area contributed by atoms with Crippen LogP contribution in [0.25, 0.3) is 10.8 Å². The standard InChI is InChI=1S/C28H34FN5O5/c1-16-14-23(34-39-16)27(38)32-22(12-13-24(35)33-28(3,4)5)26(37)31-17(2)25(36)30-15-18-10-11-21(29)20-9-7-6-8-19(18)20/h6-11,14,17,22H,12-13,15H2,1-5H3,(H,30,36)(H,31,37)(H,32,38)(H,33,35)/t17-,22-/m0/s1. The Morgan fingerprint density at radius 2 is 1.69 bits per heavy atom. The van der Waals surface area contributed by atoms with Crippen LogP contribution in [0.4, 0.5) is 4.39 Å². The molecule has 0 radical (unpaired) electrons. The van der Waals surface area contributed by atoms with Crippen LogP contribution in [-0.4, -0.2) is 46.4 Å². The van der Waals surface area contributed by atoms with E-state index < -0.39 is 35.3 Å². The minimum atomic E-state index is -1.11. The van der Waals surface area contributed by atoms with E-state index >= 15 is 0 Å². The number of carbonyl (C=O) groups is 4. The van der Waals surface area contributed by atoms with Crippen molar-refractivity contribution in [2.75, 3.05) is 0 Å². The SMILES string of the molecule is Cc1cc(C(=O)N[C@@H](CCC(=O)NC(C)(C)C)C(=O)N[C@@H](C)C(=O)NCc2ccc(F)c3ccccc23)no1. The second-order valence-corrected chi connectivity index (χ2v) is 10.4. The van der Waals surface area contributed by atoms with Crippen LogP contribution < -0.4 is 21.3 Å². The van der Waals surface area contributed by atoms with Crippen LogP contribution in [0.2, 0.25) is 0 Å². The maximum atomic E-state index is 14.1. The number of aryl methyl sites for hydroxylation is 1. The summed E-state index contributed by atoms with van der Waals surface area (Å²) in [7, 11) is 0. The van der Waals surface area contributed by atoms with Crippen molar-refractivity contribution in [1.82, 2.24) is 26.4 Å². The van der Waals surface area contributed by atoms with Crippen LogP contribution in [0.1, 0.15) is 62.3 Å². The van der Waals surface area contributed by atoms with E-state index in [2.05, 4.69) is 26.4 Å². The van der Waals surface area contributed by atoms with Gasteiger partial charge in [0, 0.05) is 30.0 Å². The Morgan fingerprint density at radius 3 is 2.33 bits per heavy atom. The molecule has 0 bridgehead atoms. The average molecular weight is 540 g/mol. The summed E-state index contributed by atoms with van der Waals surface area (Å²) in [6.07, 6.45) is -0.0437. The first-order chi connectivity index (χ1) is 18.3. The largest absolute Gasteiger partial charge is 0.361 e. The van der Waals surface area contributed by atoms with Crippen LogP contribution in [0.15, 0.2) is 47.0 Å². The minimum absolute atomic E-state index is 0.00771. The molecule has 10 nitrogen and oxygen atoms in total. The Morgan fingerprint density at radius 1 is 1.00 bits per heavy atom. The number of hydrogen-bond donors (Lipinski definition) is 4. The van der Waals surface area contributed by atoms with Crippen LogP contribution in [0, 0.1) is 12.7 Å². The number of nitrogens with zero attached hydrogens (tertiary/aromatic N) is 1. The van der Waals surface area contributed by atoms with Crippen molar-refractivity contribution in [3.63, 3.8) is 0 Å². The molecule has 0 saturated carbocycles. The number of fused-ring (bicyclic) bond motifs is 1. The molecule has 0 unspecified atom stereocenters. The van der Waals surface area contributed by atoms with Crippen LogP contribution in [0.5, 0.6) is 0 Å². The van der Waals surface area contributed by atoms with Crippen molar-refractivity contribution < 1.29 is 28.1 Å². The van der Waals surface area contributed by atoms with Gasteiger partial charge in [-0.3, -0.25) is 19.2 Å². The first kappa shape index (κ1) is 29.3. The van der Waals surface area contributed by atoms with E-state index in [0.717, 1.165) is 5.56 Å². The first-order valence-corrected chi connectivity index (χ1v) is 12.6. The summed E-state index contributed by atoms with van der Waals surface area (Å²) in [4.78, 5) is 50.8. The molecule has 3 rings (SSSR count). The number of rotatable bonds is 10. The number of halogens is 1. The number of aromatic nitrogens is 1. The highest BCUT2D eigenvalue weighted by molar-refractivity contribution is 5.97. The summed E-state index contributed by atoms with van der Waals surface area (Å²) >= 11 is 0. The van der Waals surface area contributed by atoms with E-state index in [1.54, 1.807) is 37.3 Å². The van der Waals surface area contributed by atoms with Gasteiger partial charge in [0.2, 0.25) is 17.7 Å². The molecule has 3 aromatic rings. The predicted octanol–water partition coefficient (Wildman–Crippen LogP) is 2.89. The summed E-state index contributed by atoms with van der Waals surface area (Å²) in [6, 6.07) is 9.24. The van der Waals surface area contributed by atoms with Gasteiger partial charge in [-0.15, -0.1) is 0 Å². The smallest absolute Gasteiger partial charge is 0.274 e. The molecule has 1 aromatic heterocycles. The Bertz CT molecular complexity index is 1360. The van der Waals surface area contributed by atoms with E-state index in [1.807, 2.05) is 20.8 Å². The number of benzene rings is 2. The Balaban J connectivity index is 1.64. The van der Waals surface area contributed by atoms with Crippen molar-refractivity contribution in [2.24, 2.45) is 0 Å². The molecule has 11 heteroatoms. The first-order valence-electron chi connectivity index (χ1n) is 12.6. The topological polar surface area (TPSA) is 142 Å². The normalized spacial score (nSPS) is 12.9. The van der Waals surface area contributed by atoms with Gasteiger partial charge in [0.1, 0.15) is 23.7 Å². The van der Waals surface area contributed by atoms with Gasteiger partial charge < -0.3 is 25.8 Å². The Kier molecular flexibility index (Phi) is 9.39. The molecule has 0 saturated heterocycles. The Hall–Kier alpha value is -4.28. The summed E-state index contributed by atoms with van der Waals surface area (Å²) in [5, 5.41) is 15.5. The molecule has 0 aliphatic heterocycles. The van der Waals surface area contributed by atoms with E-state index in [1.165, 1.54) is 19.1 Å². The van der Waals surface area contributed by atoms with Crippen LogP contribution in [-0.2, 0) is 20.9 Å². The fourth-order valence-electron chi connectivity index (χ4n) is 3.92. The summed E-state index contributed by atoms with van der Waals surface area (Å²) in [5.41, 5.74) is 0.247. The number of hydrogen-bond acceptors (Lipinski definition) is 6. The predicted molar refractivity (Wildman–Crippen MR) is 143 cm³/mol. The summed E-state index contributed by atoms with van der Waals surface area (Å²) < 4.78 is 19.0. The maximum absolute atomic E-state index is 14.1. The molecule has 0 aliphatic carbocycles. The lowest BCUT2D eigenvalue weighted by atomic mass is 10.0. The number of nitrogens with one attached hydrogen (secondary N) is 4. The van der Waals surface area contributed by atoms with Crippen LogP contribution in [0.3, 0.4) is 0 Å². The van der Waals surface area contributed by atoms with E-state index in [0.29, 0.717) is 16.5 Å². The third kappa shape index (κ3) is 8.36. The zero-order valence-electron chi connectivity index (χ0n) is 22.7. The fraction of sp³-hybridized carbons (Fsp3) is 0.393. The monoisotopic (exact) mass is 539 g/mol. The molecule has 0 aliphatic rings. The molecule has 2 aromatic carbocycles. The molecule has 0 fully saturated rings. The molecule has 2 atom stereocenters. The van der Waals surface area contributed by atoms with Crippen LogP contribution >= 0.6 is 0 Å². The maximum Gasteiger partial charge on any atom is 0.274 e. The van der Waals surface area contributed by atoms with Crippen molar-refractivity contribution in [3.8, 4) is 0 Å². The van der Waals surface area contributed by atoms with Gasteiger partial charge in [-0.2, -0.15) is 0 Å². The second-order valence-electron chi connectivity index (χ2n) is 10.4. The highest BCUT2D eigenvalue weighted by Crippen LogP contribution is 2.21. The van der Waals surface area contributed by atoms with Crippen molar-refractivity contribution in [2.45, 2.75) is 71.6 Å². The molecule has 208 valence electrons. The van der Waals surface area contributed by atoms with Crippen molar-refractivity contribution in [3.05, 3.63) is 65.3 Å². The van der Waals surface area contributed by atoms with Gasteiger partial charge in [-0.1, -0.05) is 35.5 Å². The fourth-order valence-corrected chi connectivity index (χ4v) is 3.92. The summed E-state index contributed by atoms with van der Waals surface area (Å²) in [5.74, 6) is -1.98. The highest BCUT2D eigenvalue weighted by Gasteiger charge is 2.27. The van der Waals surface area contributed by atoms with E-state index in [9.17, 15) is 23.6 Å². The Labute approximate surface area is 226 Å². The molecule has 4 N–H and O–H groups in total. The highest BCUT2D eigenvalue weighted by atomic mass is 19.1. The zero-order chi connectivity index (χ0) is 28.7. The lowest BCUT2D eigenvalue weighted by molar-refractivity contribution is -0.130. The molecular formula is C28H34FN5O5. The number of carbonyl (C=O) groups excluding carboxylic acids is 4. The van der Waals surface area contributed by atoms with Crippen molar-refractivity contribution >= 4 is 34.4 Å². The molecule has 0 spiro atoms. The van der Waals surface area contributed by atoms with Gasteiger partial charge in [-0.25, -0.2) is 4.39 Å². The lowest BCUT2D eigenvalue weighted by Crippen LogP contribution is -2.53. The van der Waals surface area contributed by atoms with Gasteiger partial charge >= 0.3 is 0 Å². The van der Waals surface area contributed by atoms with Gasteiger partial charge in [0.25, 0.3) is 5.91 Å². The third-order valence-corrected chi connectivity index (χ3v) is 5.82. The quantitative estimate of drug-likeness (QED) is 0.312. The molecule has 39 heavy (non-hydrogen) atoms. The van der Waals surface area contributed by atoms with Gasteiger partial charge in [0.05, 0.1) is 0 Å². The van der Waals surface area contributed by atoms with E-state index in [4.69, 9.17) is 4.52 Å². The lowest BCUT2D eigenvalue weighted by Gasteiger charge is -2.23. The second kappa shape index (κ2) is 12.5. The molecular weight excluding hydrogens is 505 g/mol. The summed E-state index contributed by atoms with van der Waals surface area (Å²) in [6.45, 7) is 8.75. The minimum Gasteiger partial charge on any atom is -0.361 e. The van der Waals surface area contributed by atoms with Gasteiger partial charge in [0.15, 0.2) is 5.69 Å².